The lowest BCUT2D eigenvalue weighted by atomic mass is 10.3. The van der Waals surface area contributed by atoms with Gasteiger partial charge < -0.3 is 13.6 Å². The van der Waals surface area contributed by atoms with Gasteiger partial charge in [-0.1, -0.05) is 54.6 Å². The summed E-state index contributed by atoms with van der Waals surface area (Å²) in [6.45, 7) is 0. The molecule has 23 heavy (non-hydrogen) atoms. The van der Waals surface area contributed by atoms with Crippen LogP contribution < -0.4 is 13.6 Å². The van der Waals surface area contributed by atoms with Gasteiger partial charge in [0.1, 0.15) is 17.2 Å². The Bertz CT molecular complexity index is 582. The topological polar surface area (TPSA) is 27.7 Å². The molecule has 3 rings (SSSR count). The zero-order chi connectivity index (χ0) is 15.0. The Hall–Kier alpha value is -2.45. The maximum atomic E-state index is 5.84. The van der Waals surface area contributed by atoms with Gasteiger partial charge in [0.25, 0.3) is 0 Å². The second-order valence-corrected chi connectivity index (χ2v) is 5.43. The molecule has 0 atom stereocenters. The molecule has 3 aromatic carbocycles. The third kappa shape index (κ3) is 5.35. The van der Waals surface area contributed by atoms with Crippen LogP contribution >= 0.6 is 8.60 Å². The van der Waals surface area contributed by atoms with E-state index in [4.69, 9.17) is 13.6 Å². The van der Waals surface area contributed by atoms with E-state index in [-0.39, 0.29) is 8.41 Å². The summed E-state index contributed by atoms with van der Waals surface area (Å²) in [6, 6.07) is 28.5. The maximum absolute atomic E-state index is 5.84. The third-order valence-corrected chi connectivity index (χ3v) is 3.85. The first-order chi connectivity index (χ1) is 10.9. The Kier molecular flexibility index (Phi) is 6.52. The second kappa shape index (κ2) is 8.87. The highest BCUT2D eigenvalue weighted by molar-refractivity contribution is 7.43. The Balaban J connectivity index is 0.00000192. The predicted molar refractivity (Wildman–Crippen MR) is 98.1 cm³/mol. The highest BCUT2D eigenvalue weighted by Crippen LogP contribution is 2.41. The van der Waals surface area contributed by atoms with Gasteiger partial charge in [-0.05, 0) is 36.4 Å². The van der Waals surface area contributed by atoms with Crippen LogP contribution in [0.3, 0.4) is 0 Å². The van der Waals surface area contributed by atoms with Crippen molar-refractivity contribution in [3.63, 3.8) is 0 Å². The fourth-order valence-corrected chi connectivity index (χ4v) is 2.75. The fraction of sp³-hybridized carbons (Fsp3) is 0. The number of para-hydroxylation sites is 3. The molecular formula is C18H18BO3P. The normalized spacial score (nSPS) is 9.78. The molecule has 5 heteroatoms. The van der Waals surface area contributed by atoms with E-state index in [9.17, 15) is 0 Å². The van der Waals surface area contributed by atoms with Crippen molar-refractivity contribution in [2.45, 2.75) is 0 Å². The molecule has 0 unspecified atom stereocenters. The largest absolute Gasteiger partial charge is 0.530 e. The van der Waals surface area contributed by atoms with Crippen LogP contribution in [0.2, 0.25) is 0 Å². The highest BCUT2D eigenvalue weighted by atomic mass is 31.2. The standard InChI is InChI=1S/C18H15O3P.BH3/c1-4-10-16(11-5-1)19-22(20-17-12-6-2-7-13-17)21-18-14-8-3-9-15-18;/h1-15H;1H3. The smallest absolute Gasteiger partial charge is 0.409 e. The number of hydrogen-bond donors (Lipinski definition) is 0. The molecule has 0 heterocycles. The van der Waals surface area contributed by atoms with Gasteiger partial charge in [-0.25, -0.2) is 0 Å². The summed E-state index contributed by atoms with van der Waals surface area (Å²) in [4.78, 5) is 0. The Morgan fingerprint density at radius 1 is 0.435 bits per heavy atom. The van der Waals surface area contributed by atoms with Gasteiger partial charge >= 0.3 is 8.60 Å². The van der Waals surface area contributed by atoms with E-state index in [0.717, 1.165) is 0 Å². The van der Waals surface area contributed by atoms with E-state index in [1.165, 1.54) is 0 Å². The molecule has 116 valence electrons. The van der Waals surface area contributed by atoms with E-state index in [1.54, 1.807) is 0 Å². The molecule has 0 aromatic heterocycles. The number of benzene rings is 3. The molecule has 3 nitrogen and oxygen atoms in total. The van der Waals surface area contributed by atoms with Crippen molar-refractivity contribution >= 4 is 17.0 Å². The molecule has 0 aliphatic rings. The van der Waals surface area contributed by atoms with Crippen LogP contribution in [-0.4, -0.2) is 8.41 Å². The Morgan fingerprint density at radius 2 is 0.696 bits per heavy atom. The summed E-state index contributed by atoms with van der Waals surface area (Å²) in [6.07, 6.45) is 0. The molecule has 3 aromatic rings. The van der Waals surface area contributed by atoms with E-state index >= 15 is 0 Å². The van der Waals surface area contributed by atoms with E-state index in [2.05, 4.69) is 0 Å². The highest BCUT2D eigenvalue weighted by Gasteiger charge is 2.19. The lowest BCUT2D eigenvalue weighted by molar-refractivity contribution is 0.388. The van der Waals surface area contributed by atoms with Crippen LogP contribution in [0.5, 0.6) is 17.2 Å². The number of hydrogen-bond acceptors (Lipinski definition) is 3. The predicted octanol–water partition coefficient (Wildman–Crippen LogP) is 4.27. The molecule has 0 saturated heterocycles. The van der Waals surface area contributed by atoms with E-state index in [0.29, 0.717) is 17.2 Å². The van der Waals surface area contributed by atoms with Crippen molar-refractivity contribution in [2.24, 2.45) is 0 Å². The van der Waals surface area contributed by atoms with Crippen LogP contribution in [0.1, 0.15) is 0 Å². The van der Waals surface area contributed by atoms with Gasteiger partial charge in [0, 0.05) is 0 Å². The minimum atomic E-state index is -1.59. The summed E-state index contributed by atoms with van der Waals surface area (Å²) < 4.78 is 17.5. The van der Waals surface area contributed by atoms with Crippen molar-refractivity contribution in [2.75, 3.05) is 0 Å². The van der Waals surface area contributed by atoms with Crippen molar-refractivity contribution in [1.82, 2.24) is 0 Å². The molecule has 0 bridgehead atoms. The Morgan fingerprint density at radius 3 is 0.957 bits per heavy atom. The molecule has 0 saturated carbocycles. The molecule has 0 N–H and O–H groups in total. The zero-order valence-electron chi connectivity index (χ0n) is 11.8. The summed E-state index contributed by atoms with van der Waals surface area (Å²) >= 11 is 0. The maximum Gasteiger partial charge on any atom is 0.530 e. The quantitative estimate of drug-likeness (QED) is 0.501. The first kappa shape index (κ1) is 16.9. The second-order valence-electron chi connectivity index (χ2n) is 4.44. The van der Waals surface area contributed by atoms with Gasteiger partial charge in [0.15, 0.2) is 0 Å². The molecule has 0 spiro atoms. The first-order valence-electron chi connectivity index (χ1n) is 6.89. The summed E-state index contributed by atoms with van der Waals surface area (Å²) in [5, 5.41) is 0. The van der Waals surface area contributed by atoms with Crippen molar-refractivity contribution in [3.05, 3.63) is 91.0 Å². The Labute approximate surface area is 139 Å². The molecular weight excluding hydrogens is 306 g/mol. The lowest BCUT2D eigenvalue weighted by Gasteiger charge is -2.17. The third-order valence-electron chi connectivity index (χ3n) is 2.77. The lowest BCUT2D eigenvalue weighted by Crippen LogP contribution is -2.02. The van der Waals surface area contributed by atoms with Gasteiger partial charge in [-0.2, -0.15) is 0 Å². The van der Waals surface area contributed by atoms with Crippen molar-refractivity contribution in [3.8, 4) is 17.2 Å². The van der Waals surface area contributed by atoms with Gasteiger partial charge in [0.05, 0.1) is 8.41 Å². The van der Waals surface area contributed by atoms with Crippen LogP contribution in [0.15, 0.2) is 91.0 Å². The average molecular weight is 324 g/mol. The minimum absolute atomic E-state index is 0. The molecule has 0 aliphatic carbocycles. The van der Waals surface area contributed by atoms with Crippen molar-refractivity contribution in [1.29, 1.82) is 0 Å². The minimum Gasteiger partial charge on any atom is -0.409 e. The fourth-order valence-electron chi connectivity index (χ4n) is 1.76. The summed E-state index contributed by atoms with van der Waals surface area (Å²) in [5.41, 5.74) is 0. The average Bonchev–Trinajstić information content (AvgIpc) is 2.57. The zero-order valence-corrected chi connectivity index (χ0v) is 12.7. The van der Waals surface area contributed by atoms with Crippen LogP contribution in [0.25, 0.3) is 0 Å². The first-order valence-corrected chi connectivity index (χ1v) is 7.99. The summed E-state index contributed by atoms with van der Waals surface area (Å²) in [7, 11) is -1.59. The molecule has 0 aliphatic heterocycles. The van der Waals surface area contributed by atoms with Crippen LogP contribution in [-0.2, 0) is 0 Å². The monoisotopic (exact) mass is 324 g/mol. The van der Waals surface area contributed by atoms with E-state index < -0.39 is 8.60 Å². The van der Waals surface area contributed by atoms with Crippen LogP contribution in [0.4, 0.5) is 0 Å². The van der Waals surface area contributed by atoms with Gasteiger partial charge in [0.2, 0.25) is 0 Å². The summed E-state index contributed by atoms with van der Waals surface area (Å²) in [5.74, 6) is 2.13. The van der Waals surface area contributed by atoms with E-state index in [1.807, 2.05) is 91.0 Å². The van der Waals surface area contributed by atoms with Gasteiger partial charge in [-0.3, -0.25) is 0 Å². The van der Waals surface area contributed by atoms with Crippen LogP contribution in [0, 0.1) is 0 Å². The molecule has 0 radical (unpaired) electrons. The van der Waals surface area contributed by atoms with Crippen molar-refractivity contribution < 1.29 is 13.6 Å². The number of rotatable bonds is 6. The van der Waals surface area contributed by atoms with Gasteiger partial charge in [-0.15, -0.1) is 0 Å². The SMILES string of the molecule is B.c1ccc(OP(Oc2ccccc2)Oc2ccccc2)cc1. The molecule has 0 amide bonds. The molecule has 0 fully saturated rings.